The molecule has 0 saturated heterocycles. The lowest BCUT2D eigenvalue weighted by Crippen LogP contribution is -2.30. The van der Waals surface area contributed by atoms with Crippen LogP contribution < -0.4 is 5.32 Å². The molecule has 0 unspecified atom stereocenters. The van der Waals surface area contributed by atoms with Crippen LogP contribution in [0.1, 0.15) is 22.3 Å². The summed E-state index contributed by atoms with van der Waals surface area (Å²) in [4.78, 5) is 14.5. The molecule has 3 aromatic rings. The van der Waals surface area contributed by atoms with Gasteiger partial charge in [0.2, 0.25) is 5.91 Å². The van der Waals surface area contributed by atoms with Gasteiger partial charge in [0.15, 0.2) is 0 Å². The predicted octanol–water partition coefficient (Wildman–Crippen LogP) is 4.66. The molecule has 3 nitrogen and oxygen atoms in total. The van der Waals surface area contributed by atoms with Gasteiger partial charge >= 0.3 is 0 Å². The molecule has 0 spiro atoms. The predicted molar refractivity (Wildman–Crippen MR) is 112 cm³/mol. The quantitative estimate of drug-likeness (QED) is 0.666. The molecule has 0 fully saturated rings. The van der Waals surface area contributed by atoms with Crippen molar-refractivity contribution in [1.29, 1.82) is 0 Å². The van der Waals surface area contributed by atoms with Crippen LogP contribution in [0.2, 0.25) is 0 Å². The molecule has 138 valence electrons. The smallest absolute Gasteiger partial charge is 0.238 e. The van der Waals surface area contributed by atoms with Crippen molar-refractivity contribution in [2.45, 2.75) is 19.9 Å². The van der Waals surface area contributed by atoms with E-state index in [0.29, 0.717) is 6.54 Å². The fourth-order valence-corrected chi connectivity index (χ4v) is 3.11. The van der Waals surface area contributed by atoms with E-state index < -0.39 is 0 Å². The molecular weight excluding hydrogens is 332 g/mol. The highest BCUT2D eigenvalue weighted by molar-refractivity contribution is 5.93. The van der Waals surface area contributed by atoms with Crippen molar-refractivity contribution in [3.8, 4) is 0 Å². The van der Waals surface area contributed by atoms with Crippen LogP contribution in [-0.4, -0.2) is 24.4 Å². The highest BCUT2D eigenvalue weighted by Crippen LogP contribution is 2.19. The Hall–Kier alpha value is -2.91. The standard InChI is InChI=1S/C24H26N2O/c1-19-12-14-21(15-13-19)17-26(2)18-24(27)25-23-11-7-6-10-22(23)16-20-8-4-3-5-9-20/h3-15H,16-18H2,1-2H3,(H,25,27). The van der Waals surface area contributed by atoms with E-state index in [9.17, 15) is 4.79 Å². The van der Waals surface area contributed by atoms with Gasteiger partial charge in [0.1, 0.15) is 0 Å². The van der Waals surface area contributed by atoms with E-state index in [1.54, 1.807) is 0 Å². The molecule has 27 heavy (non-hydrogen) atoms. The van der Waals surface area contributed by atoms with Crippen LogP contribution in [0.15, 0.2) is 78.9 Å². The van der Waals surface area contributed by atoms with Crippen molar-refractivity contribution in [1.82, 2.24) is 4.90 Å². The third-order valence-electron chi connectivity index (χ3n) is 4.52. The minimum Gasteiger partial charge on any atom is -0.325 e. The Balaban J connectivity index is 1.59. The van der Waals surface area contributed by atoms with Gasteiger partial charge in [0, 0.05) is 12.2 Å². The summed E-state index contributed by atoms with van der Waals surface area (Å²) in [7, 11) is 1.97. The molecule has 0 radical (unpaired) electrons. The first kappa shape index (κ1) is 18.9. The zero-order valence-corrected chi connectivity index (χ0v) is 16.0. The van der Waals surface area contributed by atoms with Crippen LogP contribution in [0.3, 0.4) is 0 Å². The number of likely N-dealkylation sites (N-methyl/N-ethyl adjacent to an activating group) is 1. The third kappa shape index (κ3) is 5.80. The van der Waals surface area contributed by atoms with Crippen molar-refractivity contribution in [3.05, 3.63) is 101 Å². The molecule has 3 aromatic carbocycles. The number of para-hydroxylation sites is 1. The first-order chi connectivity index (χ1) is 13.1. The summed E-state index contributed by atoms with van der Waals surface area (Å²) < 4.78 is 0. The minimum absolute atomic E-state index is 0.00474. The van der Waals surface area contributed by atoms with Gasteiger partial charge in [0.05, 0.1) is 6.54 Å². The van der Waals surface area contributed by atoms with Gasteiger partial charge in [-0.05, 0) is 43.1 Å². The van der Waals surface area contributed by atoms with Crippen molar-refractivity contribution < 1.29 is 4.79 Å². The van der Waals surface area contributed by atoms with E-state index in [4.69, 9.17) is 0 Å². The van der Waals surface area contributed by atoms with E-state index >= 15 is 0 Å². The molecule has 0 heterocycles. The maximum absolute atomic E-state index is 12.5. The molecule has 0 aliphatic carbocycles. The molecule has 0 aliphatic heterocycles. The molecule has 1 N–H and O–H groups in total. The van der Waals surface area contributed by atoms with Gasteiger partial charge in [-0.3, -0.25) is 9.69 Å². The van der Waals surface area contributed by atoms with Crippen LogP contribution in [0.25, 0.3) is 0 Å². The summed E-state index contributed by atoms with van der Waals surface area (Å²) >= 11 is 0. The number of hydrogen-bond donors (Lipinski definition) is 1. The number of benzene rings is 3. The van der Waals surface area contributed by atoms with Gasteiger partial charge in [-0.25, -0.2) is 0 Å². The zero-order chi connectivity index (χ0) is 19.1. The molecule has 0 bridgehead atoms. The molecule has 3 rings (SSSR count). The van der Waals surface area contributed by atoms with Gasteiger partial charge in [-0.1, -0.05) is 78.4 Å². The molecule has 0 aromatic heterocycles. The second-order valence-electron chi connectivity index (χ2n) is 7.03. The highest BCUT2D eigenvalue weighted by Gasteiger charge is 2.10. The largest absolute Gasteiger partial charge is 0.325 e. The lowest BCUT2D eigenvalue weighted by molar-refractivity contribution is -0.117. The Labute approximate surface area is 161 Å². The maximum atomic E-state index is 12.5. The van der Waals surface area contributed by atoms with Crippen molar-refractivity contribution >= 4 is 11.6 Å². The van der Waals surface area contributed by atoms with Crippen LogP contribution in [0.5, 0.6) is 0 Å². The number of anilines is 1. The average molecular weight is 358 g/mol. The Morgan fingerprint density at radius 2 is 1.52 bits per heavy atom. The summed E-state index contributed by atoms with van der Waals surface area (Å²) in [6.45, 7) is 3.18. The normalized spacial score (nSPS) is 10.8. The van der Waals surface area contributed by atoms with Gasteiger partial charge < -0.3 is 5.32 Å². The van der Waals surface area contributed by atoms with Gasteiger partial charge in [-0.15, -0.1) is 0 Å². The number of amides is 1. The van der Waals surface area contributed by atoms with Crippen molar-refractivity contribution in [2.75, 3.05) is 18.9 Å². The zero-order valence-electron chi connectivity index (χ0n) is 16.0. The summed E-state index contributed by atoms with van der Waals surface area (Å²) in [6.07, 6.45) is 0.802. The van der Waals surface area contributed by atoms with Crippen LogP contribution in [-0.2, 0) is 17.8 Å². The monoisotopic (exact) mass is 358 g/mol. The summed E-state index contributed by atoms with van der Waals surface area (Å²) in [6, 6.07) is 26.7. The van der Waals surface area contributed by atoms with Crippen molar-refractivity contribution in [3.63, 3.8) is 0 Å². The second kappa shape index (κ2) is 9.15. The topological polar surface area (TPSA) is 32.3 Å². The Morgan fingerprint density at radius 1 is 0.852 bits per heavy atom. The number of hydrogen-bond acceptors (Lipinski definition) is 2. The van der Waals surface area contributed by atoms with Crippen LogP contribution in [0.4, 0.5) is 5.69 Å². The van der Waals surface area contributed by atoms with E-state index in [-0.39, 0.29) is 5.91 Å². The van der Waals surface area contributed by atoms with E-state index in [1.807, 2.05) is 48.3 Å². The molecule has 1 amide bonds. The van der Waals surface area contributed by atoms with E-state index in [1.165, 1.54) is 16.7 Å². The summed E-state index contributed by atoms with van der Waals surface area (Å²) in [5.74, 6) is 0.00474. The van der Waals surface area contributed by atoms with E-state index in [2.05, 4.69) is 54.7 Å². The van der Waals surface area contributed by atoms with E-state index in [0.717, 1.165) is 24.2 Å². The second-order valence-corrected chi connectivity index (χ2v) is 7.03. The molecule has 3 heteroatoms. The van der Waals surface area contributed by atoms with Gasteiger partial charge in [-0.2, -0.15) is 0 Å². The molecule has 0 aliphatic rings. The minimum atomic E-state index is 0.00474. The SMILES string of the molecule is Cc1ccc(CN(C)CC(=O)Nc2ccccc2Cc2ccccc2)cc1. The maximum Gasteiger partial charge on any atom is 0.238 e. The highest BCUT2D eigenvalue weighted by atomic mass is 16.2. The number of carbonyl (C=O) groups excluding carboxylic acids is 1. The fraction of sp³-hybridized carbons (Fsp3) is 0.208. The van der Waals surface area contributed by atoms with Crippen molar-refractivity contribution in [2.24, 2.45) is 0 Å². The third-order valence-corrected chi connectivity index (χ3v) is 4.52. The van der Waals surface area contributed by atoms with Crippen LogP contribution >= 0.6 is 0 Å². The number of rotatable bonds is 7. The number of nitrogens with zero attached hydrogens (tertiary/aromatic N) is 1. The van der Waals surface area contributed by atoms with Crippen LogP contribution in [0, 0.1) is 6.92 Å². The van der Waals surface area contributed by atoms with Gasteiger partial charge in [0.25, 0.3) is 0 Å². The number of nitrogens with one attached hydrogen (secondary N) is 1. The number of aryl methyl sites for hydroxylation is 1. The molecule has 0 atom stereocenters. The lowest BCUT2D eigenvalue weighted by Gasteiger charge is -2.17. The lowest BCUT2D eigenvalue weighted by atomic mass is 10.0. The first-order valence-electron chi connectivity index (χ1n) is 9.26. The molecular formula is C24H26N2O. The summed E-state index contributed by atoms with van der Waals surface area (Å²) in [5, 5.41) is 3.08. The Morgan fingerprint density at radius 3 is 2.26 bits per heavy atom. The summed E-state index contributed by atoms with van der Waals surface area (Å²) in [5.41, 5.74) is 5.69. The first-order valence-corrected chi connectivity index (χ1v) is 9.26. The Kier molecular flexibility index (Phi) is 6.39. The average Bonchev–Trinajstić information content (AvgIpc) is 2.66. The molecule has 0 saturated carbocycles. The fourth-order valence-electron chi connectivity index (χ4n) is 3.11. The number of carbonyl (C=O) groups is 1. The Bertz CT molecular complexity index is 872.